The highest BCUT2D eigenvalue weighted by molar-refractivity contribution is 5.90. The summed E-state index contributed by atoms with van der Waals surface area (Å²) in [5.41, 5.74) is -1.51. The number of rotatable bonds is 3. The van der Waals surface area contributed by atoms with Crippen LogP contribution in [0.15, 0.2) is 12.2 Å². The number of carbonyl (C=O) groups excluding carboxylic acids is 1. The number of Topliss-reactive ketones (excluding diaryl/α,β-unsaturated/α-hetero) is 1. The van der Waals surface area contributed by atoms with Crippen molar-refractivity contribution in [2.45, 2.75) is 44.3 Å². The molecule has 0 saturated carbocycles. The zero-order valence-electron chi connectivity index (χ0n) is 10.2. The van der Waals surface area contributed by atoms with Gasteiger partial charge in [-0.2, -0.15) is 13.2 Å². The second kappa shape index (κ2) is 4.35. The summed E-state index contributed by atoms with van der Waals surface area (Å²) >= 11 is 0. The summed E-state index contributed by atoms with van der Waals surface area (Å²) in [6.07, 6.45) is -2.07. The van der Waals surface area contributed by atoms with Gasteiger partial charge in [-0.15, -0.1) is 0 Å². The van der Waals surface area contributed by atoms with Crippen LogP contribution in [-0.2, 0) is 14.3 Å². The molecule has 0 aromatic heterocycles. The minimum atomic E-state index is -4.46. The number of ketones is 1. The van der Waals surface area contributed by atoms with Gasteiger partial charge in [0, 0.05) is 6.42 Å². The molecule has 0 aromatic rings. The molecule has 2 bridgehead atoms. The lowest BCUT2D eigenvalue weighted by atomic mass is 9.78. The molecule has 0 amide bonds. The molecule has 3 nitrogen and oxygen atoms in total. The van der Waals surface area contributed by atoms with Gasteiger partial charge < -0.3 is 9.47 Å². The van der Waals surface area contributed by atoms with E-state index in [9.17, 15) is 18.0 Å². The smallest absolute Gasteiger partial charge is 0.363 e. The molecular formula is C12H15F3O3. The zero-order valence-corrected chi connectivity index (χ0v) is 10.2. The first-order chi connectivity index (χ1) is 8.25. The van der Waals surface area contributed by atoms with Crippen LogP contribution in [0.3, 0.4) is 0 Å². The van der Waals surface area contributed by atoms with E-state index in [2.05, 4.69) is 0 Å². The van der Waals surface area contributed by atoms with Gasteiger partial charge in [-0.3, -0.25) is 4.79 Å². The maximum absolute atomic E-state index is 12.3. The molecule has 2 rings (SSSR count). The van der Waals surface area contributed by atoms with Crippen LogP contribution in [0.4, 0.5) is 13.2 Å². The zero-order chi connectivity index (χ0) is 13.6. The van der Waals surface area contributed by atoms with Gasteiger partial charge in [-0.1, -0.05) is 26.0 Å². The van der Waals surface area contributed by atoms with Crippen molar-refractivity contribution in [3.05, 3.63) is 12.2 Å². The minimum Gasteiger partial charge on any atom is -0.363 e. The van der Waals surface area contributed by atoms with Crippen LogP contribution in [0.5, 0.6) is 0 Å². The van der Waals surface area contributed by atoms with Crippen LogP contribution in [-0.4, -0.2) is 36.4 Å². The maximum Gasteiger partial charge on any atom is 0.411 e. The van der Waals surface area contributed by atoms with Crippen LogP contribution in [0.25, 0.3) is 0 Å². The van der Waals surface area contributed by atoms with Crippen molar-refractivity contribution < 1.29 is 27.4 Å². The van der Waals surface area contributed by atoms with E-state index in [1.165, 1.54) is 0 Å². The van der Waals surface area contributed by atoms with Crippen LogP contribution < -0.4 is 0 Å². The van der Waals surface area contributed by atoms with Gasteiger partial charge in [0.2, 0.25) is 0 Å². The maximum atomic E-state index is 12.3. The van der Waals surface area contributed by atoms with E-state index in [1.807, 2.05) is 0 Å². The summed E-state index contributed by atoms with van der Waals surface area (Å²) in [5.74, 6) is -0.700. The second-order valence-corrected chi connectivity index (χ2v) is 4.96. The lowest BCUT2D eigenvalue weighted by molar-refractivity contribution is -0.238. The highest BCUT2D eigenvalue weighted by Gasteiger charge is 2.56. The van der Waals surface area contributed by atoms with Crippen LogP contribution >= 0.6 is 0 Å². The fraction of sp³-hybridized carbons (Fsp3) is 0.750. The Morgan fingerprint density at radius 1 is 1.50 bits per heavy atom. The van der Waals surface area contributed by atoms with Crippen molar-refractivity contribution in [2.75, 3.05) is 6.61 Å². The SMILES string of the molecule is CC(C)[C@]1(OCC(F)(F)F)C(=O)C[C@@H]2C=C[C@H]1O2. The summed E-state index contributed by atoms with van der Waals surface area (Å²) in [6.45, 7) is 1.91. The van der Waals surface area contributed by atoms with Crippen LogP contribution in [0, 0.1) is 5.92 Å². The number of halogens is 3. The van der Waals surface area contributed by atoms with Gasteiger partial charge in [0.15, 0.2) is 11.4 Å². The average molecular weight is 264 g/mol. The predicted octanol–water partition coefficient (Wildman–Crippen LogP) is 2.26. The Kier molecular flexibility index (Phi) is 3.27. The fourth-order valence-corrected chi connectivity index (χ4v) is 2.55. The third kappa shape index (κ3) is 2.19. The molecule has 0 spiro atoms. The summed E-state index contributed by atoms with van der Waals surface area (Å²) in [7, 11) is 0. The van der Waals surface area contributed by atoms with E-state index < -0.39 is 24.5 Å². The molecule has 6 heteroatoms. The summed E-state index contributed by atoms with van der Waals surface area (Å²) < 4.78 is 47.4. The van der Waals surface area contributed by atoms with Crippen LogP contribution in [0.1, 0.15) is 20.3 Å². The summed E-state index contributed by atoms with van der Waals surface area (Å²) in [6, 6.07) is 0. The Morgan fingerprint density at radius 2 is 2.17 bits per heavy atom. The van der Waals surface area contributed by atoms with Crippen molar-refractivity contribution in [2.24, 2.45) is 5.92 Å². The average Bonchev–Trinajstić information content (AvgIpc) is 2.60. The third-order valence-electron chi connectivity index (χ3n) is 3.40. The Balaban J connectivity index is 2.25. The standard InChI is InChI=1S/C12H15F3O3/c1-7(2)12(17-6-11(13,14)15)9(16)5-8-3-4-10(12)18-8/h3-4,7-8,10H,5-6H2,1-2H3/t8-,10+,12-/m0/s1. The number of ether oxygens (including phenoxy) is 2. The lowest BCUT2D eigenvalue weighted by Crippen LogP contribution is -2.59. The Hall–Kier alpha value is -0.880. The number of carbonyl (C=O) groups is 1. The molecule has 1 saturated heterocycles. The summed E-state index contributed by atoms with van der Waals surface area (Å²) in [5, 5.41) is 0. The van der Waals surface area contributed by atoms with E-state index in [0.29, 0.717) is 0 Å². The van der Waals surface area contributed by atoms with E-state index in [0.717, 1.165) is 0 Å². The molecule has 0 N–H and O–H groups in total. The third-order valence-corrected chi connectivity index (χ3v) is 3.40. The van der Waals surface area contributed by atoms with E-state index in [4.69, 9.17) is 9.47 Å². The second-order valence-electron chi connectivity index (χ2n) is 4.96. The fourth-order valence-electron chi connectivity index (χ4n) is 2.55. The van der Waals surface area contributed by atoms with Gasteiger partial charge in [0.25, 0.3) is 0 Å². The van der Waals surface area contributed by atoms with Gasteiger partial charge in [0.1, 0.15) is 12.7 Å². The first kappa shape index (κ1) is 13.5. The van der Waals surface area contributed by atoms with Gasteiger partial charge in [0.05, 0.1) is 6.10 Å². The molecule has 1 fully saturated rings. The van der Waals surface area contributed by atoms with Gasteiger partial charge in [-0.05, 0) is 5.92 Å². The monoisotopic (exact) mass is 264 g/mol. The van der Waals surface area contributed by atoms with Crippen molar-refractivity contribution in [3.8, 4) is 0 Å². The summed E-state index contributed by atoms with van der Waals surface area (Å²) in [4.78, 5) is 12.1. The largest absolute Gasteiger partial charge is 0.411 e. The molecule has 0 radical (unpaired) electrons. The molecular weight excluding hydrogens is 249 g/mol. The van der Waals surface area contributed by atoms with Crippen molar-refractivity contribution in [3.63, 3.8) is 0 Å². The molecule has 0 aliphatic carbocycles. The van der Waals surface area contributed by atoms with E-state index >= 15 is 0 Å². The molecule has 2 aliphatic heterocycles. The Bertz CT molecular complexity index is 375. The molecule has 3 atom stereocenters. The normalized spacial score (nSPS) is 35.6. The number of hydrogen-bond donors (Lipinski definition) is 0. The van der Waals surface area contributed by atoms with Crippen molar-refractivity contribution >= 4 is 5.78 Å². The highest BCUT2D eigenvalue weighted by atomic mass is 19.4. The molecule has 0 unspecified atom stereocenters. The molecule has 2 aliphatic rings. The van der Waals surface area contributed by atoms with Crippen molar-refractivity contribution in [1.82, 2.24) is 0 Å². The lowest BCUT2D eigenvalue weighted by Gasteiger charge is -2.43. The predicted molar refractivity (Wildman–Crippen MR) is 57.0 cm³/mol. The molecule has 102 valence electrons. The van der Waals surface area contributed by atoms with Crippen LogP contribution in [0.2, 0.25) is 0 Å². The molecule has 0 aromatic carbocycles. The Morgan fingerprint density at radius 3 is 2.72 bits per heavy atom. The van der Waals surface area contributed by atoms with Gasteiger partial charge in [-0.25, -0.2) is 0 Å². The number of hydrogen-bond acceptors (Lipinski definition) is 3. The first-order valence-electron chi connectivity index (χ1n) is 5.83. The van der Waals surface area contributed by atoms with Crippen molar-refractivity contribution in [1.29, 1.82) is 0 Å². The highest BCUT2D eigenvalue weighted by Crippen LogP contribution is 2.40. The quantitative estimate of drug-likeness (QED) is 0.733. The molecule has 18 heavy (non-hydrogen) atoms. The van der Waals surface area contributed by atoms with E-state index in [-0.39, 0.29) is 24.2 Å². The topological polar surface area (TPSA) is 35.5 Å². The molecule has 2 heterocycles. The Labute approximate surface area is 103 Å². The number of alkyl halides is 3. The van der Waals surface area contributed by atoms with E-state index in [1.54, 1.807) is 26.0 Å². The first-order valence-corrected chi connectivity index (χ1v) is 5.83. The number of fused-ring (bicyclic) bond motifs is 2. The van der Waals surface area contributed by atoms with Gasteiger partial charge >= 0.3 is 6.18 Å². The minimum absolute atomic E-state index is 0.0725.